The third-order valence-electron chi connectivity index (χ3n) is 1.80. The standard InChI is InChI=1S/C6H11O5P/c1-9-5-2-3-10-6(5)4-11-12(7)8/h5-6H,2-4H2,1H3/p+1/t5?,6-/m1/s1. The van der Waals surface area contributed by atoms with Gasteiger partial charge in [0.15, 0.2) is 0 Å². The Morgan fingerprint density at radius 3 is 3.08 bits per heavy atom. The summed E-state index contributed by atoms with van der Waals surface area (Å²) in [7, 11) is -0.938. The van der Waals surface area contributed by atoms with E-state index in [2.05, 4.69) is 4.52 Å². The van der Waals surface area contributed by atoms with Crippen molar-refractivity contribution in [3.05, 3.63) is 0 Å². The topological polar surface area (TPSA) is 65.0 Å². The van der Waals surface area contributed by atoms with Crippen LogP contribution < -0.4 is 0 Å². The van der Waals surface area contributed by atoms with E-state index in [4.69, 9.17) is 14.4 Å². The van der Waals surface area contributed by atoms with Crippen molar-refractivity contribution in [2.24, 2.45) is 0 Å². The molecule has 0 spiro atoms. The first-order valence-corrected chi connectivity index (χ1v) is 4.80. The molecule has 12 heavy (non-hydrogen) atoms. The molecule has 1 rings (SSSR count). The van der Waals surface area contributed by atoms with Crippen LogP contribution in [0, 0.1) is 0 Å². The van der Waals surface area contributed by atoms with E-state index in [1.165, 1.54) is 0 Å². The fourth-order valence-electron chi connectivity index (χ4n) is 1.19. The average molecular weight is 195 g/mol. The highest BCUT2D eigenvalue weighted by atomic mass is 31.1. The van der Waals surface area contributed by atoms with E-state index < -0.39 is 8.25 Å². The average Bonchev–Trinajstić information content (AvgIpc) is 2.47. The molecule has 0 bridgehead atoms. The van der Waals surface area contributed by atoms with Crippen molar-refractivity contribution in [1.82, 2.24) is 0 Å². The number of methoxy groups -OCH3 is 1. The summed E-state index contributed by atoms with van der Waals surface area (Å²) in [5.41, 5.74) is 0. The summed E-state index contributed by atoms with van der Waals surface area (Å²) in [5, 5.41) is 0. The van der Waals surface area contributed by atoms with Crippen molar-refractivity contribution in [2.45, 2.75) is 18.6 Å². The molecule has 5 nitrogen and oxygen atoms in total. The molecule has 1 saturated heterocycles. The summed E-state index contributed by atoms with van der Waals surface area (Å²) in [4.78, 5) is 8.36. The quantitative estimate of drug-likeness (QED) is 0.660. The van der Waals surface area contributed by atoms with Gasteiger partial charge < -0.3 is 9.47 Å². The van der Waals surface area contributed by atoms with Crippen LogP contribution in [0.2, 0.25) is 0 Å². The van der Waals surface area contributed by atoms with Crippen LogP contribution in [0.4, 0.5) is 0 Å². The van der Waals surface area contributed by atoms with E-state index in [-0.39, 0.29) is 18.8 Å². The van der Waals surface area contributed by atoms with Crippen LogP contribution in [0.1, 0.15) is 6.42 Å². The molecule has 0 aliphatic carbocycles. The second-order valence-corrected chi connectivity index (χ2v) is 3.24. The maximum absolute atomic E-state index is 10.2. The first kappa shape index (κ1) is 10.0. The van der Waals surface area contributed by atoms with Gasteiger partial charge >= 0.3 is 8.25 Å². The van der Waals surface area contributed by atoms with E-state index >= 15 is 0 Å². The molecule has 0 radical (unpaired) electrons. The zero-order valence-corrected chi connectivity index (χ0v) is 7.70. The maximum Gasteiger partial charge on any atom is 0.694 e. The van der Waals surface area contributed by atoms with Gasteiger partial charge in [0.1, 0.15) is 12.7 Å². The van der Waals surface area contributed by atoms with Crippen LogP contribution in [0.3, 0.4) is 0 Å². The van der Waals surface area contributed by atoms with E-state index in [9.17, 15) is 4.57 Å². The van der Waals surface area contributed by atoms with Gasteiger partial charge in [-0.05, 0) is 6.42 Å². The summed E-state index contributed by atoms with van der Waals surface area (Å²) in [6.45, 7) is 0.735. The van der Waals surface area contributed by atoms with Crippen molar-refractivity contribution in [2.75, 3.05) is 20.3 Å². The molecule has 70 valence electrons. The lowest BCUT2D eigenvalue weighted by Crippen LogP contribution is -2.27. The highest BCUT2D eigenvalue weighted by Gasteiger charge is 2.31. The lowest BCUT2D eigenvalue weighted by atomic mass is 10.2. The maximum atomic E-state index is 10.2. The van der Waals surface area contributed by atoms with Crippen molar-refractivity contribution in [3.8, 4) is 0 Å². The van der Waals surface area contributed by atoms with Crippen LogP contribution in [0.5, 0.6) is 0 Å². The Kier molecular flexibility index (Phi) is 4.05. The molecular formula is C6H12O5P+. The Balaban J connectivity index is 2.26. The van der Waals surface area contributed by atoms with Crippen molar-refractivity contribution in [1.29, 1.82) is 0 Å². The van der Waals surface area contributed by atoms with Crippen LogP contribution in [0.15, 0.2) is 0 Å². The fourth-order valence-corrected chi connectivity index (χ4v) is 1.47. The molecule has 1 aliphatic rings. The SMILES string of the molecule is COC1CCO[C@@H]1CO[P+](=O)O. The Bertz CT molecular complexity index is 162. The molecule has 1 aliphatic heterocycles. The van der Waals surface area contributed by atoms with Crippen LogP contribution in [0.25, 0.3) is 0 Å². The van der Waals surface area contributed by atoms with Crippen molar-refractivity contribution in [3.63, 3.8) is 0 Å². The normalized spacial score (nSPS) is 30.7. The molecule has 3 atom stereocenters. The van der Waals surface area contributed by atoms with Gasteiger partial charge in [0, 0.05) is 18.3 Å². The molecule has 1 fully saturated rings. The summed E-state index contributed by atoms with van der Waals surface area (Å²) < 4.78 is 25.0. The number of rotatable bonds is 4. The van der Waals surface area contributed by atoms with E-state index in [1.54, 1.807) is 7.11 Å². The van der Waals surface area contributed by atoms with E-state index in [0.717, 1.165) is 6.42 Å². The van der Waals surface area contributed by atoms with Gasteiger partial charge in [0.25, 0.3) is 0 Å². The predicted molar refractivity (Wildman–Crippen MR) is 40.9 cm³/mol. The molecule has 0 saturated carbocycles. The Hall–Kier alpha value is -0.0600. The second kappa shape index (κ2) is 4.84. The zero-order chi connectivity index (χ0) is 8.97. The number of hydrogen-bond acceptors (Lipinski definition) is 4. The van der Waals surface area contributed by atoms with Gasteiger partial charge in [0.05, 0.1) is 6.10 Å². The van der Waals surface area contributed by atoms with E-state index in [1.807, 2.05) is 0 Å². The molecule has 0 aromatic rings. The van der Waals surface area contributed by atoms with Crippen LogP contribution >= 0.6 is 8.25 Å². The van der Waals surface area contributed by atoms with Gasteiger partial charge in [-0.3, -0.25) is 0 Å². The number of hydrogen-bond donors (Lipinski definition) is 1. The minimum absolute atomic E-state index is 0.0139. The lowest BCUT2D eigenvalue weighted by Gasteiger charge is -2.12. The first-order valence-electron chi connectivity index (χ1n) is 3.67. The van der Waals surface area contributed by atoms with E-state index in [0.29, 0.717) is 6.61 Å². The second-order valence-electron chi connectivity index (χ2n) is 2.51. The monoisotopic (exact) mass is 195 g/mol. The molecule has 1 heterocycles. The summed E-state index contributed by atoms with van der Waals surface area (Å²) in [6, 6.07) is 0. The Morgan fingerprint density at radius 1 is 1.75 bits per heavy atom. The third-order valence-corrected chi connectivity index (χ3v) is 2.17. The molecule has 2 unspecified atom stereocenters. The lowest BCUT2D eigenvalue weighted by molar-refractivity contribution is -0.00921. The minimum Gasteiger partial charge on any atom is -0.379 e. The van der Waals surface area contributed by atoms with Gasteiger partial charge in [-0.2, -0.15) is 0 Å². The summed E-state index contributed by atoms with van der Waals surface area (Å²) in [5.74, 6) is 0. The Morgan fingerprint density at radius 2 is 2.50 bits per heavy atom. The molecule has 0 aromatic heterocycles. The highest BCUT2D eigenvalue weighted by Crippen LogP contribution is 2.21. The predicted octanol–water partition coefficient (Wildman–Crippen LogP) is 0.457. The summed E-state index contributed by atoms with van der Waals surface area (Å²) in [6.07, 6.45) is 0.591. The third kappa shape index (κ3) is 2.77. The fraction of sp³-hybridized carbons (Fsp3) is 1.00. The minimum atomic E-state index is -2.53. The van der Waals surface area contributed by atoms with Gasteiger partial charge in [-0.25, -0.2) is 0 Å². The van der Waals surface area contributed by atoms with Crippen LogP contribution in [-0.2, 0) is 18.6 Å². The number of ether oxygens (including phenoxy) is 2. The summed E-state index contributed by atoms with van der Waals surface area (Å²) >= 11 is 0. The van der Waals surface area contributed by atoms with Crippen LogP contribution in [-0.4, -0.2) is 37.4 Å². The first-order chi connectivity index (χ1) is 5.74. The smallest absolute Gasteiger partial charge is 0.379 e. The van der Waals surface area contributed by atoms with Gasteiger partial charge in [0.2, 0.25) is 0 Å². The largest absolute Gasteiger partial charge is 0.694 e. The molecule has 0 amide bonds. The Labute approximate surface area is 71.6 Å². The highest BCUT2D eigenvalue weighted by molar-refractivity contribution is 7.32. The van der Waals surface area contributed by atoms with Gasteiger partial charge in [-0.15, -0.1) is 9.42 Å². The molecule has 6 heteroatoms. The molecule has 0 aromatic carbocycles. The van der Waals surface area contributed by atoms with Crippen molar-refractivity contribution >= 4 is 8.25 Å². The molecule has 1 N–H and O–H groups in total. The zero-order valence-electron chi connectivity index (χ0n) is 6.80. The van der Waals surface area contributed by atoms with Gasteiger partial charge in [-0.1, -0.05) is 0 Å². The van der Waals surface area contributed by atoms with Crippen molar-refractivity contribution < 1.29 is 23.5 Å². The molecular weight excluding hydrogens is 183 g/mol.